The van der Waals surface area contributed by atoms with Gasteiger partial charge in [-0.1, -0.05) is 36.4 Å². The predicted molar refractivity (Wildman–Crippen MR) is 167 cm³/mol. The zero-order valence-electron chi connectivity index (χ0n) is 25.7. The largest absolute Gasteiger partial charge is 0.480 e. The summed E-state index contributed by atoms with van der Waals surface area (Å²) in [5, 5.41) is 12.5. The molecule has 3 unspecified atom stereocenters. The van der Waals surface area contributed by atoms with Crippen molar-refractivity contribution in [1.82, 2.24) is 20.2 Å². The van der Waals surface area contributed by atoms with Gasteiger partial charge in [-0.25, -0.2) is 9.59 Å². The number of nitrogens with zero attached hydrogens (tertiary/aromatic N) is 3. The number of nitrogens with two attached hydrogens (primary N) is 1. The molecule has 0 fully saturated rings. The zero-order chi connectivity index (χ0) is 31.7. The maximum Gasteiger partial charge on any atom is 0.410 e. The number of nitrogens with one attached hydrogen (secondary N) is 1. The molecule has 2 amide bonds. The van der Waals surface area contributed by atoms with E-state index in [9.17, 15) is 19.5 Å². The van der Waals surface area contributed by atoms with Crippen LogP contribution in [0.3, 0.4) is 0 Å². The number of aryl methyl sites for hydroxylation is 1. The van der Waals surface area contributed by atoms with Gasteiger partial charge in [0.05, 0.1) is 18.7 Å². The summed E-state index contributed by atoms with van der Waals surface area (Å²) >= 11 is 0. The summed E-state index contributed by atoms with van der Waals surface area (Å²) in [6.45, 7) is 6.03. The van der Waals surface area contributed by atoms with Gasteiger partial charge in [-0.15, -0.1) is 0 Å². The average molecular weight is 602 g/mol. The summed E-state index contributed by atoms with van der Waals surface area (Å²) in [7, 11) is 0. The van der Waals surface area contributed by atoms with Gasteiger partial charge in [-0.05, 0) is 87.8 Å². The third kappa shape index (κ3) is 9.60. The molecule has 4 rings (SSSR count). The van der Waals surface area contributed by atoms with Gasteiger partial charge in [0, 0.05) is 36.6 Å². The maximum atomic E-state index is 12.9. The van der Waals surface area contributed by atoms with Gasteiger partial charge >= 0.3 is 12.1 Å². The van der Waals surface area contributed by atoms with E-state index in [0.29, 0.717) is 13.0 Å². The monoisotopic (exact) mass is 601 g/mol. The van der Waals surface area contributed by atoms with Gasteiger partial charge in [0.1, 0.15) is 11.6 Å². The van der Waals surface area contributed by atoms with Crippen LogP contribution in [-0.4, -0.2) is 55.6 Å². The molecule has 234 valence electrons. The number of aromatic nitrogens is 2. The molecule has 0 bridgehead atoms. The van der Waals surface area contributed by atoms with Crippen molar-refractivity contribution >= 4 is 18.0 Å². The molecule has 0 aliphatic heterocycles. The van der Waals surface area contributed by atoms with E-state index < -0.39 is 23.7 Å². The Kier molecular flexibility index (Phi) is 11.1. The second kappa shape index (κ2) is 14.9. The van der Waals surface area contributed by atoms with Crippen molar-refractivity contribution in [3.8, 4) is 0 Å². The average Bonchev–Trinajstić information content (AvgIpc) is 2.99. The number of aliphatic carboxylic acids is 1. The molecule has 2 heterocycles. The first-order valence-corrected chi connectivity index (χ1v) is 15.2. The molecule has 10 nitrogen and oxygen atoms in total. The van der Waals surface area contributed by atoms with Gasteiger partial charge in [0.2, 0.25) is 5.91 Å². The van der Waals surface area contributed by atoms with Crippen LogP contribution in [0.5, 0.6) is 0 Å². The molecule has 4 N–H and O–H groups in total. The fourth-order valence-electron chi connectivity index (χ4n) is 5.49. The molecular formula is C34H43N5O5. The summed E-state index contributed by atoms with van der Waals surface area (Å²) in [5.74, 6) is -1.38. The molecule has 1 aromatic carbocycles. The summed E-state index contributed by atoms with van der Waals surface area (Å²) in [6.07, 6.45) is 6.65. The van der Waals surface area contributed by atoms with Crippen LogP contribution in [0.1, 0.15) is 80.5 Å². The molecule has 2 aromatic heterocycles. The van der Waals surface area contributed by atoms with E-state index >= 15 is 0 Å². The predicted octanol–water partition coefficient (Wildman–Crippen LogP) is 4.75. The molecular weight excluding hydrogens is 558 g/mol. The number of fused-ring (bicyclic) bond motifs is 1. The first-order valence-electron chi connectivity index (χ1n) is 15.2. The van der Waals surface area contributed by atoms with Crippen molar-refractivity contribution in [1.29, 1.82) is 0 Å². The first kappa shape index (κ1) is 32.6. The Hall–Kier alpha value is -4.31. The summed E-state index contributed by atoms with van der Waals surface area (Å²) in [4.78, 5) is 48.2. The van der Waals surface area contributed by atoms with Gasteiger partial charge in [0.25, 0.3) is 0 Å². The van der Waals surface area contributed by atoms with Crippen LogP contribution in [0.25, 0.3) is 0 Å². The number of carboxylic acids is 1. The quantitative estimate of drug-likeness (QED) is 0.269. The summed E-state index contributed by atoms with van der Waals surface area (Å²) in [5.41, 5.74) is 10.4. The smallest absolute Gasteiger partial charge is 0.410 e. The van der Waals surface area contributed by atoms with Crippen LogP contribution in [0.4, 0.5) is 4.79 Å². The van der Waals surface area contributed by atoms with E-state index in [2.05, 4.69) is 21.4 Å². The Morgan fingerprint density at radius 1 is 1.00 bits per heavy atom. The minimum atomic E-state index is -1.08. The number of carbonyl (C=O) groups excluding carboxylic acids is 2. The fraction of sp³-hybridized carbons (Fsp3) is 0.441. The Morgan fingerprint density at radius 2 is 1.73 bits per heavy atom. The first-order chi connectivity index (χ1) is 21.0. The Balaban J connectivity index is 1.32. The molecule has 1 aliphatic rings. The zero-order valence-corrected chi connectivity index (χ0v) is 25.7. The minimum absolute atomic E-state index is 0.0275. The number of hydrogen-bond donors (Lipinski definition) is 3. The highest BCUT2D eigenvalue weighted by atomic mass is 16.6. The van der Waals surface area contributed by atoms with Gasteiger partial charge in [-0.3, -0.25) is 19.7 Å². The van der Waals surface area contributed by atoms with E-state index in [1.807, 2.05) is 69.3 Å². The van der Waals surface area contributed by atoms with Crippen molar-refractivity contribution in [2.75, 3.05) is 0 Å². The third-order valence-corrected chi connectivity index (χ3v) is 7.67. The van der Waals surface area contributed by atoms with Crippen LogP contribution in [0.15, 0.2) is 67.0 Å². The van der Waals surface area contributed by atoms with E-state index in [-0.39, 0.29) is 37.3 Å². The topological polar surface area (TPSA) is 148 Å². The second-order valence-electron chi connectivity index (χ2n) is 12.4. The summed E-state index contributed by atoms with van der Waals surface area (Å²) in [6, 6.07) is 15.6. The molecule has 0 radical (unpaired) electrons. The number of carboxylic acid groups (broad SMARTS) is 1. The van der Waals surface area contributed by atoms with E-state index in [1.54, 1.807) is 17.3 Å². The Bertz CT molecular complexity index is 1410. The Labute approximate surface area is 259 Å². The van der Waals surface area contributed by atoms with E-state index in [0.717, 1.165) is 41.8 Å². The normalized spacial score (nSPS) is 15.9. The molecule has 44 heavy (non-hydrogen) atoms. The fourth-order valence-corrected chi connectivity index (χ4v) is 5.49. The van der Waals surface area contributed by atoms with Crippen molar-refractivity contribution < 1.29 is 24.2 Å². The molecule has 0 spiro atoms. The highest BCUT2D eigenvalue weighted by molar-refractivity contribution is 5.84. The highest BCUT2D eigenvalue weighted by Crippen LogP contribution is 2.33. The number of amides is 2. The van der Waals surface area contributed by atoms with E-state index in [1.165, 1.54) is 5.56 Å². The van der Waals surface area contributed by atoms with Crippen LogP contribution >= 0.6 is 0 Å². The molecule has 10 heteroatoms. The van der Waals surface area contributed by atoms with Crippen molar-refractivity contribution in [3.63, 3.8) is 0 Å². The number of rotatable bonds is 12. The van der Waals surface area contributed by atoms with Gasteiger partial charge in [-0.2, -0.15) is 0 Å². The minimum Gasteiger partial charge on any atom is -0.480 e. The molecule has 1 aliphatic carbocycles. The Morgan fingerprint density at radius 3 is 2.41 bits per heavy atom. The van der Waals surface area contributed by atoms with Gasteiger partial charge in [0.15, 0.2) is 0 Å². The van der Waals surface area contributed by atoms with E-state index in [4.69, 9.17) is 10.5 Å². The van der Waals surface area contributed by atoms with Crippen molar-refractivity contribution in [2.45, 2.75) is 96.0 Å². The number of hydrogen-bond acceptors (Lipinski definition) is 7. The molecule has 0 saturated heterocycles. The maximum absolute atomic E-state index is 12.9. The second-order valence-corrected chi connectivity index (χ2v) is 12.4. The lowest BCUT2D eigenvalue weighted by Crippen LogP contribution is -2.43. The lowest BCUT2D eigenvalue weighted by Gasteiger charge is -2.29. The van der Waals surface area contributed by atoms with Gasteiger partial charge < -0.3 is 20.9 Å². The third-order valence-electron chi connectivity index (χ3n) is 7.67. The van der Waals surface area contributed by atoms with Crippen LogP contribution in [-0.2, 0) is 40.3 Å². The number of benzene rings is 1. The lowest BCUT2D eigenvalue weighted by atomic mass is 9.80. The number of pyridine rings is 2. The summed E-state index contributed by atoms with van der Waals surface area (Å²) < 4.78 is 5.61. The number of carbonyl (C=O) groups is 3. The van der Waals surface area contributed by atoms with Crippen molar-refractivity contribution in [2.24, 2.45) is 5.73 Å². The number of ether oxygens (including phenoxy) is 1. The van der Waals surface area contributed by atoms with Crippen LogP contribution in [0.2, 0.25) is 0 Å². The lowest BCUT2D eigenvalue weighted by molar-refractivity contribution is -0.142. The van der Waals surface area contributed by atoms with Crippen LogP contribution in [0, 0.1) is 0 Å². The molecule has 3 atom stereocenters. The van der Waals surface area contributed by atoms with Crippen molar-refractivity contribution in [3.05, 3.63) is 95.1 Å². The van der Waals surface area contributed by atoms with Crippen LogP contribution < -0.4 is 11.1 Å². The standard InChI is InChI=1S/C34H43N5O5/c1-34(2,3)44-33(43)39(22-26-10-4-5-18-36-26)21-24-14-12-23(13-15-24)20-30(40)38-29(32(41)42)17-16-28(35)27-11-6-8-25-9-7-19-37-31(25)27/h4-5,7,9-10,12-15,18-19,27-29H,6,8,11,16-17,20-22,35H2,1-3H3,(H,38,40)(H,41,42). The molecule has 0 saturated carbocycles. The molecule has 3 aromatic rings. The highest BCUT2D eigenvalue weighted by Gasteiger charge is 2.29. The SMILES string of the molecule is CC(C)(C)OC(=O)N(Cc1ccc(CC(=O)NC(CCC(N)C2CCCc3cccnc32)C(=O)O)cc1)Cc1ccccn1.